The van der Waals surface area contributed by atoms with E-state index in [1.54, 1.807) is 6.21 Å². The third-order valence-corrected chi connectivity index (χ3v) is 2.60. The fourth-order valence-electron chi connectivity index (χ4n) is 1.61. The van der Waals surface area contributed by atoms with Crippen LogP contribution in [0.3, 0.4) is 0 Å². The molecule has 3 nitrogen and oxygen atoms in total. The van der Waals surface area contributed by atoms with E-state index in [9.17, 15) is 0 Å². The average molecular weight is 235 g/mol. The van der Waals surface area contributed by atoms with Gasteiger partial charge in [-0.05, 0) is 11.6 Å². The average Bonchev–Trinajstić information content (AvgIpc) is 2.42. The molecule has 0 aromatic heterocycles. The lowest BCUT2D eigenvalue weighted by Gasteiger charge is -2.04. The Morgan fingerprint density at radius 2 is 1.72 bits per heavy atom. The van der Waals surface area contributed by atoms with Gasteiger partial charge in [-0.15, -0.1) is 0 Å². The normalized spacial score (nSPS) is 12.2. The van der Waals surface area contributed by atoms with Crippen LogP contribution in [0.5, 0.6) is 0 Å². The molecule has 0 bridgehead atoms. The van der Waals surface area contributed by atoms with Crippen molar-refractivity contribution in [1.29, 1.82) is 5.26 Å². The number of nitriles is 1. The highest BCUT2D eigenvalue weighted by Crippen LogP contribution is 2.16. The predicted molar refractivity (Wildman–Crippen MR) is 73.2 cm³/mol. The SMILES string of the molecule is N#CC(N=Cc1ccccc1N)c1ccccc1. The molecule has 3 heteroatoms. The first kappa shape index (κ1) is 11.9. The second-order valence-corrected chi connectivity index (χ2v) is 3.85. The Hall–Kier alpha value is -2.60. The lowest BCUT2D eigenvalue weighted by Crippen LogP contribution is -1.95. The summed E-state index contributed by atoms with van der Waals surface area (Å²) in [7, 11) is 0. The molecule has 88 valence electrons. The smallest absolute Gasteiger partial charge is 0.161 e. The lowest BCUT2D eigenvalue weighted by molar-refractivity contribution is 0.933. The van der Waals surface area contributed by atoms with Crippen molar-refractivity contribution in [3.05, 3.63) is 65.7 Å². The summed E-state index contributed by atoms with van der Waals surface area (Å²) in [6, 6.07) is 18.6. The minimum atomic E-state index is -0.495. The first-order valence-corrected chi connectivity index (χ1v) is 5.63. The summed E-state index contributed by atoms with van der Waals surface area (Å²) < 4.78 is 0. The van der Waals surface area contributed by atoms with E-state index in [-0.39, 0.29) is 0 Å². The number of rotatable bonds is 3. The molecule has 0 spiro atoms. The highest BCUT2D eigenvalue weighted by molar-refractivity contribution is 5.86. The van der Waals surface area contributed by atoms with Gasteiger partial charge in [0.05, 0.1) is 6.07 Å². The second kappa shape index (κ2) is 5.65. The summed E-state index contributed by atoms with van der Waals surface area (Å²) in [5.74, 6) is 0. The second-order valence-electron chi connectivity index (χ2n) is 3.85. The number of para-hydroxylation sites is 1. The summed E-state index contributed by atoms with van der Waals surface area (Å²) in [4.78, 5) is 4.28. The number of hydrogen-bond acceptors (Lipinski definition) is 3. The fraction of sp³-hybridized carbons (Fsp3) is 0.0667. The highest BCUT2D eigenvalue weighted by Gasteiger charge is 2.06. The van der Waals surface area contributed by atoms with Gasteiger partial charge >= 0.3 is 0 Å². The van der Waals surface area contributed by atoms with Gasteiger partial charge in [0.2, 0.25) is 0 Å². The Bertz CT molecular complexity index is 582. The molecule has 2 aromatic rings. The third kappa shape index (κ3) is 2.74. The highest BCUT2D eigenvalue weighted by atomic mass is 14.8. The van der Waals surface area contributed by atoms with Crippen LogP contribution in [-0.2, 0) is 0 Å². The van der Waals surface area contributed by atoms with Crippen LogP contribution in [0.1, 0.15) is 17.2 Å². The van der Waals surface area contributed by atoms with Crippen molar-refractivity contribution in [1.82, 2.24) is 0 Å². The number of nitrogen functional groups attached to an aromatic ring is 1. The number of nitrogens with zero attached hydrogens (tertiary/aromatic N) is 2. The van der Waals surface area contributed by atoms with E-state index in [2.05, 4.69) is 11.1 Å². The van der Waals surface area contributed by atoms with Gasteiger partial charge in [0.15, 0.2) is 6.04 Å². The summed E-state index contributed by atoms with van der Waals surface area (Å²) >= 11 is 0. The fourth-order valence-corrected chi connectivity index (χ4v) is 1.61. The molecule has 0 amide bonds. The van der Waals surface area contributed by atoms with Crippen molar-refractivity contribution in [3.63, 3.8) is 0 Å². The van der Waals surface area contributed by atoms with Crippen LogP contribution >= 0.6 is 0 Å². The molecule has 18 heavy (non-hydrogen) atoms. The van der Waals surface area contributed by atoms with E-state index in [0.717, 1.165) is 11.1 Å². The molecule has 0 heterocycles. The molecular weight excluding hydrogens is 222 g/mol. The zero-order valence-corrected chi connectivity index (χ0v) is 9.82. The Morgan fingerprint density at radius 1 is 1.06 bits per heavy atom. The summed E-state index contributed by atoms with van der Waals surface area (Å²) in [6.07, 6.45) is 1.65. The van der Waals surface area contributed by atoms with Crippen LogP contribution in [0.2, 0.25) is 0 Å². The standard InChI is InChI=1S/C15H13N3/c16-10-15(12-6-2-1-3-7-12)18-11-13-8-4-5-9-14(13)17/h1-9,11,15H,17H2. The molecule has 0 fully saturated rings. The van der Waals surface area contributed by atoms with Gasteiger partial charge in [-0.2, -0.15) is 5.26 Å². The maximum absolute atomic E-state index is 9.13. The Labute approximate surface area is 106 Å². The zero-order valence-electron chi connectivity index (χ0n) is 9.82. The van der Waals surface area contributed by atoms with E-state index in [1.807, 2.05) is 54.6 Å². The van der Waals surface area contributed by atoms with Crippen LogP contribution in [-0.4, -0.2) is 6.21 Å². The van der Waals surface area contributed by atoms with Crippen molar-refractivity contribution in [2.45, 2.75) is 6.04 Å². The molecule has 2 rings (SSSR count). The Balaban J connectivity index is 2.23. The van der Waals surface area contributed by atoms with Gasteiger partial charge in [0.1, 0.15) is 0 Å². The van der Waals surface area contributed by atoms with Crippen LogP contribution in [0.4, 0.5) is 5.69 Å². The van der Waals surface area contributed by atoms with Crippen LogP contribution in [0.25, 0.3) is 0 Å². The number of benzene rings is 2. The lowest BCUT2D eigenvalue weighted by atomic mass is 10.1. The van der Waals surface area contributed by atoms with Crippen molar-refractivity contribution >= 4 is 11.9 Å². The largest absolute Gasteiger partial charge is 0.398 e. The molecule has 2 N–H and O–H groups in total. The molecule has 0 aliphatic carbocycles. The molecule has 1 atom stereocenters. The molecule has 0 saturated heterocycles. The van der Waals surface area contributed by atoms with E-state index < -0.39 is 6.04 Å². The summed E-state index contributed by atoms with van der Waals surface area (Å²) in [5, 5.41) is 9.13. The predicted octanol–water partition coefficient (Wildman–Crippen LogP) is 2.95. The molecule has 0 aliphatic heterocycles. The van der Waals surface area contributed by atoms with Gasteiger partial charge in [0.25, 0.3) is 0 Å². The van der Waals surface area contributed by atoms with Gasteiger partial charge in [-0.3, -0.25) is 4.99 Å². The van der Waals surface area contributed by atoms with Crippen molar-refractivity contribution in [2.24, 2.45) is 4.99 Å². The van der Waals surface area contributed by atoms with E-state index in [0.29, 0.717) is 5.69 Å². The van der Waals surface area contributed by atoms with Crippen LogP contribution in [0.15, 0.2) is 59.6 Å². The van der Waals surface area contributed by atoms with Crippen molar-refractivity contribution < 1.29 is 0 Å². The zero-order chi connectivity index (χ0) is 12.8. The number of hydrogen-bond donors (Lipinski definition) is 1. The summed E-state index contributed by atoms with van der Waals surface area (Å²) in [5.41, 5.74) is 8.18. The topological polar surface area (TPSA) is 62.2 Å². The van der Waals surface area contributed by atoms with Crippen LogP contribution in [0, 0.1) is 11.3 Å². The minimum absolute atomic E-state index is 0.495. The number of nitrogens with two attached hydrogens (primary N) is 1. The van der Waals surface area contributed by atoms with E-state index >= 15 is 0 Å². The van der Waals surface area contributed by atoms with Gasteiger partial charge < -0.3 is 5.73 Å². The van der Waals surface area contributed by atoms with Gasteiger partial charge in [-0.1, -0.05) is 48.5 Å². The Morgan fingerprint density at radius 3 is 2.39 bits per heavy atom. The maximum Gasteiger partial charge on any atom is 0.161 e. The van der Waals surface area contributed by atoms with Crippen molar-refractivity contribution in [2.75, 3.05) is 5.73 Å². The van der Waals surface area contributed by atoms with Crippen molar-refractivity contribution in [3.8, 4) is 6.07 Å². The molecule has 0 aliphatic rings. The first-order chi connectivity index (χ1) is 8.81. The first-order valence-electron chi connectivity index (χ1n) is 5.63. The molecule has 0 saturated carbocycles. The molecule has 2 aromatic carbocycles. The quantitative estimate of drug-likeness (QED) is 0.656. The van der Waals surface area contributed by atoms with E-state index in [4.69, 9.17) is 11.0 Å². The molecule has 0 radical (unpaired) electrons. The molecule has 1 unspecified atom stereocenters. The van der Waals surface area contributed by atoms with Gasteiger partial charge in [0, 0.05) is 17.5 Å². The van der Waals surface area contributed by atoms with Gasteiger partial charge in [-0.25, -0.2) is 0 Å². The molecular formula is C15H13N3. The van der Waals surface area contributed by atoms with E-state index in [1.165, 1.54) is 0 Å². The minimum Gasteiger partial charge on any atom is -0.398 e. The maximum atomic E-state index is 9.13. The number of anilines is 1. The third-order valence-electron chi connectivity index (χ3n) is 2.60. The van der Waals surface area contributed by atoms with Crippen LogP contribution < -0.4 is 5.73 Å². The summed E-state index contributed by atoms with van der Waals surface area (Å²) in [6.45, 7) is 0. The monoisotopic (exact) mass is 235 g/mol. The Kier molecular flexibility index (Phi) is 3.72. The number of aliphatic imine (C=N–C) groups is 1.